The second-order valence-corrected chi connectivity index (χ2v) is 9.86. The SMILES string of the molecule is CN=C(NCC1CCN(Cc2nc(C)c(C)o2)CC1)N1CCC(CN2CCCCC2)C1.I. The number of nitrogens with zero attached hydrogens (tertiary/aromatic N) is 5. The number of aryl methyl sites for hydroxylation is 2. The van der Waals surface area contributed by atoms with Gasteiger partial charge in [0.15, 0.2) is 5.96 Å². The zero-order valence-corrected chi connectivity index (χ0v) is 22.6. The molecule has 3 aliphatic heterocycles. The molecule has 4 rings (SSSR count). The predicted octanol–water partition coefficient (Wildman–Crippen LogP) is 3.50. The lowest BCUT2D eigenvalue weighted by Crippen LogP contribution is -2.44. The molecule has 1 aromatic rings. The summed E-state index contributed by atoms with van der Waals surface area (Å²) in [6.45, 7) is 14.3. The van der Waals surface area contributed by atoms with Gasteiger partial charge in [-0.15, -0.1) is 24.0 Å². The molecule has 4 heterocycles. The number of halogens is 1. The Morgan fingerprint density at radius 3 is 2.38 bits per heavy atom. The van der Waals surface area contributed by atoms with Crippen molar-refractivity contribution in [1.29, 1.82) is 0 Å². The van der Waals surface area contributed by atoms with E-state index in [1.807, 2.05) is 20.9 Å². The molecule has 1 aromatic heterocycles. The first-order chi connectivity index (χ1) is 15.1. The third-order valence-corrected chi connectivity index (χ3v) is 7.45. The van der Waals surface area contributed by atoms with Gasteiger partial charge in [0.1, 0.15) is 5.76 Å². The highest BCUT2D eigenvalue weighted by atomic mass is 127. The number of oxazole rings is 1. The lowest BCUT2D eigenvalue weighted by Gasteiger charge is -2.32. The fourth-order valence-electron chi connectivity index (χ4n) is 5.40. The van der Waals surface area contributed by atoms with Crippen LogP contribution in [0.2, 0.25) is 0 Å². The van der Waals surface area contributed by atoms with Gasteiger partial charge in [0.2, 0.25) is 5.89 Å². The molecule has 0 aromatic carbocycles. The minimum atomic E-state index is 0. The number of aliphatic imine (C=N–C) groups is 1. The molecule has 3 fully saturated rings. The van der Waals surface area contributed by atoms with Crippen LogP contribution in [0, 0.1) is 25.7 Å². The summed E-state index contributed by atoms with van der Waals surface area (Å²) < 4.78 is 5.76. The largest absolute Gasteiger partial charge is 0.444 e. The summed E-state index contributed by atoms with van der Waals surface area (Å²) in [4.78, 5) is 16.8. The Bertz CT molecular complexity index is 705. The van der Waals surface area contributed by atoms with E-state index in [1.54, 1.807) is 0 Å². The average molecular weight is 559 g/mol. The van der Waals surface area contributed by atoms with Crippen LogP contribution in [0.4, 0.5) is 0 Å². The van der Waals surface area contributed by atoms with Crippen LogP contribution in [-0.4, -0.2) is 85.0 Å². The summed E-state index contributed by atoms with van der Waals surface area (Å²) >= 11 is 0. The molecule has 1 N–H and O–H groups in total. The van der Waals surface area contributed by atoms with Gasteiger partial charge in [0.25, 0.3) is 0 Å². The molecule has 0 radical (unpaired) electrons. The van der Waals surface area contributed by atoms with Crippen molar-refractivity contribution in [2.45, 2.75) is 58.9 Å². The Hall–Kier alpha value is -0.870. The second kappa shape index (κ2) is 12.6. The zero-order chi connectivity index (χ0) is 21.6. The fraction of sp³-hybridized carbons (Fsp3) is 0.833. The van der Waals surface area contributed by atoms with Crippen molar-refractivity contribution in [1.82, 2.24) is 25.0 Å². The monoisotopic (exact) mass is 558 g/mol. The number of guanidine groups is 1. The molecule has 0 bridgehead atoms. The molecule has 0 saturated carbocycles. The molecular weight excluding hydrogens is 515 g/mol. The molecule has 3 aliphatic rings. The van der Waals surface area contributed by atoms with E-state index in [2.05, 4.69) is 30.0 Å². The Morgan fingerprint density at radius 2 is 1.72 bits per heavy atom. The van der Waals surface area contributed by atoms with Gasteiger partial charge >= 0.3 is 0 Å². The Morgan fingerprint density at radius 1 is 1.00 bits per heavy atom. The summed E-state index contributed by atoms with van der Waals surface area (Å²) in [7, 11) is 1.93. The van der Waals surface area contributed by atoms with E-state index in [-0.39, 0.29) is 24.0 Å². The zero-order valence-electron chi connectivity index (χ0n) is 20.3. The van der Waals surface area contributed by atoms with Gasteiger partial charge in [-0.3, -0.25) is 9.89 Å². The topological polar surface area (TPSA) is 60.1 Å². The predicted molar refractivity (Wildman–Crippen MR) is 141 cm³/mol. The highest BCUT2D eigenvalue weighted by molar-refractivity contribution is 14.0. The van der Waals surface area contributed by atoms with Crippen molar-refractivity contribution in [2.75, 3.05) is 59.4 Å². The van der Waals surface area contributed by atoms with E-state index in [4.69, 9.17) is 4.42 Å². The number of likely N-dealkylation sites (tertiary alicyclic amines) is 3. The summed E-state index contributed by atoms with van der Waals surface area (Å²) in [5.41, 5.74) is 1.01. The molecule has 0 amide bonds. The van der Waals surface area contributed by atoms with Crippen molar-refractivity contribution >= 4 is 29.9 Å². The van der Waals surface area contributed by atoms with E-state index in [9.17, 15) is 0 Å². The first-order valence-corrected chi connectivity index (χ1v) is 12.4. The average Bonchev–Trinajstić information content (AvgIpc) is 3.36. The minimum Gasteiger partial charge on any atom is -0.444 e. The fourth-order valence-corrected chi connectivity index (χ4v) is 5.40. The third-order valence-electron chi connectivity index (χ3n) is 7.45. The van der Waals surface area contributed by atoms with Crippen LogP contribution in [-0.2, 0) is 6.54 Å². The van der Waals surface area contributed by atoms with Gasteiger partial charge in [-0.1, -0.05) is 6.42 Å². The molecule has 8 heteroatoms. The van der Waals surface area contributed by atoms with Gasteiger partial charge in [-0.2, -0.15) is 0 Å². The highest BCUT2D eigenvalue weighted by Gasteiger charge is 2.28. The lowest BCUT2D eigenvalue weighted by molar-refractivity contribution is 0.163. The van der Waals surface area contributed by atoms with Gasteiger partial charge < -0.3 is 19.5 Å². The van der Waals surface area contributed by atoms with Crippen LogP contribution in [0.3, 0.4) is 0 Å². The van der Waals surface area contributed by atoms with Gasteiger partial charge in [0, 0.05) is 33.2 Å². The number of rotatable bonds is 6. The normalized spacial score (nSPS) is 24.0. The first kappa shape index (κ1) is 25.7. The number of aromatic nitrogens is 1. The molecule has 3 saturated heterocycles. The molecule has 1 atom stereocenters. The maximum Gasteiger partial charge on any atom is 0.208 e. The smallest absolute Gasteiger partial charge is 0.208 e. The molecule has 32 heavy (non-hydrogen) atoms. The molecule has 0 aliphatic carbocycles. The van der Waals surface area contributed by atoms with E-state index >= 15 is 0 Å². The van der Waals surface area contributed by atoms with Crippen molar-refractivity contribution in [3.05, 3.63) is 17.3 Å². The van der Waals surface area contributed by atoms with Crippen molar-refractivity contribution in [3.63, 3.8) is 0 Å². The number of piperidine rings is 2. The minimum absolute atomic E-state index is 0. The van der Waals surface area contributed by atoms with Crippen LogP contribution < -0.4 is 5.32 Å². The van der Waals surface area contributed by atoms with E-state index in [0.717, 1.165) is 68.5 Å². The highest BCUT2D eigenvalue weighted by Crippen LogP contribution is 2.21. The summed E-state index contributed by atoms with van der Waals surface area (Å²) in [6, 6.07) is 0. The maximum absolute atomic E-state index is 5.76. The number of nitrogens with one attached hydrogen (secondary N) is 1. The number of hydrogen-bond donors (Lipinski definition) is 1. The van der Waals surface area contributed by atoms with Gasteiger partial charge in [-0.05, 0) is 84.0 Å². The van der Waals surface area contributed by atoms with Crippen molar-refractivity contribution < 1.29 is 4.42 Å². The molecule has 1 unspecified atom stereocenters. The van der Waals surface area contributed by atoms with Crippen LogP contribution in [0.1, 0.15) is 55.9 Å². The first-order valence-electron chi connectivity index (χ1n) is 12.4. The van der Waals surface area contributed by atoms with E-state index in [0.29, 0.717) is 5.92 Å². The quantitative estimate of drug-likeness (QED) is 0.328. The molecule has 182 valence electrons. The second-order valence-electron chi connectivity index (χ2n) is 9.86. The number of hydrogen-bond acceptors (Lipinski definition) is 5. The maximum atomic E-state index is 5.76. The standard InChI is InChI=1S/C24H42N6O.HI/c1-19-20(2)31-23(27-19)18-29-12-7-21(8-13-29)15-26-24(25-3)30-14-9-22(17-30)16-28-10-5-4-6-11-28;/h21-22H,4-18H2,1-3H3,(H,25,26);1H. The third kappa shape index (κ3) is 7.06. The van der Waals surface area contributed by atoms with Gasteiger partial charge in [-0.25, -0.2) is 4.98 Å². The summed E-state index contributed by atoms with van der Waals surface area (Å²) in [6.07, 6.45) is 7.93. The van der Waals surface area contributed by atoms with Crippen LogP contribution >= 0.6 is 24.0 Å². The summed E-state index contributed by atoms with van der Waals surface area (Å²) in [5, 5.41) is 3.69. The Kier molecular flexibility index (Phi) is 10.1. The van der Waals surface area contributed by atoms with Crippen LogP contribution in [0.5, 0.6) is 0 Å². The van der Waals surface area contributed by atoms with Crippen molar-refractivity contribution in [2.24, 2.45) is 16.8 Å². The Labute approximate surface area is 211 Å². The van der Waals surface area contributed by atoms with Crippen LogP contribution in [0.25, 0.3) is 0 Å². The summed E-state index contributed by atoms with van der Waals surface area (Å²) in [5.74, 6) is 4.42. The molecular formula is C24H43IN6O. The van der Waals surface area contributed by atoms with E-state index < -0.39 is 0 Å². The lowest BCUT2D eigenvalue weighted by atomic mass is 9.97. The van der Waals surface area contributed by atoms with Crippen LogP contribution in [0.15, 0.2) is 9.41 Å². The van der Waals surface area contributed by atoms with Gasteiger partial charge in [0.05, 0.1) is 12.2 Å². The molecule has 0 spiro atoms. The molecule has 7 nitrogen and oxygen atoms in total. The van der Waals surface area contributed by atoms with Crippen molar-refractivity contribution in [3.8, 4) is 0 Å². The Balaban J connectivity index is 0.00000289. The van der Waals surface area contributed by atoms with E-state index in [1.165, 1.54) is 58.2 Å².